The van der Waals surface area contributed by atoms with Crippen LogP contribution in [-0.4, -0.2) is 35.1 Å². The lowest BCUT2D eigenvalue weighted by molar-refractivity contribution is -0.141. The number of hydrogen-bond donors (Lipinski definition) is 2. The van der Waals surface area contributed by atoms with E-state index in [1.165, 1.54) is 4.90 Å². The number of carbonyl (C=O) groups is 2. The number of amides is 2. The molecular weight excluding hydrogens is 359 g/mol. The molecule has 0 heterocycles. The Morgan fingerprint density at radius 2 is 2.05 bits per heavy atom. The molecular formula is C13H17IN2O3. The van der Waals surface area contributed by atoms with Gasteiger partial charge in [0.1, 0.15) is 0 Å². The molecule has 0 bridgehead atoms. The third-order valence-corrected chi connectivity index (χ3v) is 3.64. The van der Waals surface area contributed by atoms with Crippen molar-refractivity contribution >= 4 is 40.3 Å². The lowest BCUT2D eigenvalue weighted by Gasteiger charge is -2.23. The monoisotopic (exact) mass is 376 g/mol. The van der Waals surface area contributed by atoms with Crippen LogP contribution in [0.15, 0.2) is 24.3 Å². The summed E-state index contributed by atoms with van der Waals surface area (Å²) in [5.74, 6) is -1.49. The SMILES string of the molecule is CCN(CC(C)C(=O)O)C(=O)Nc1ccccc1I. The van der Waals surface area contributed by atoms with Crippen molar-refractivity contribution in [3.63, 3.8) is 0 Å². The zero-order chi connectivity index (χ0) is 14.4. The number of rotatable bonds is 5. The Labute approximate surface area is 126 Å². The van der Waals surface area contributed by atoms with Crippen LogP contribution in [0.1, 0.15) is 13.8 Å². The smallest absolute Gasteiger partial charge is 0.321 e. The number of carboxylic acid groups (broad SMARTS) is 1. The highest BCUT2D eigenvalue weighted by atomic mass is 127. The number of carbonyl (C=O) groups excluding carboxylic acids is 1. The van der Waals surface area contributed by atoms with Crippen molar-refractivity contribution in [3.8, 4) is 0 Å². The van der Waals surface area contributed by atoms with Crippen molar-refractivity contribution in [2.45, 2.75) is 13.8 Å². The van der Waals surface area contributed by atoms with Crippen LogP contribution in [0, 0.1) is 9.49 Å². The van der Waals surface area contributed by atoms with Gasteiger partial charge in [-0.2, -0.15) is 0 Å². The van der Waals surface area contributed by atoms with Crippen LogP contribution < -0.4 is 5.32 Å². The van der Waals surface area contributed by atoms with Crippen LogP contribution in [0.5, 0.6) is 0 Å². The Balaban J connectivity index is 2.69. The molecule has 19 heavy (non-hydrogen) atoms. The van der Waals surface area contributed by atoms with Crippen LogP contribution in [0.2, 0.25) is 0 Å². The van der Waals surface area contributed by atoms with E-state index in [9.17, 15) is 9.59 Å². The van der Waals surface area contributed by atoms with Crippen molar-refractivity contribution in [1.29, 1.82) is 0 Å². The lowest BCUT2D eigenvalue weighted by Crippen LogP contribution is -2.39. The molecule has 0 aliphatic rings. The molecule has 0 spiro atoms. The van der Waals surface area contributed by atoms with E-state index in [0.29, 0.717) is 6.54 Å². The number of carboxylic acids is 1. The van der Waals surface area contributed by atoms with E-state index in [-0.39, 0.29) is 12.6 Å². The van der Waals surface area contributed by atoms with Crippen molar-refractivity contribution in [2.24, 2.45) is 5.92 Å². The van der Waals surface area contributed by atoms with Gasteiger partial charge in [-0.05, 0) is 41.6 Å². The number of urea groups is 1. The molecule has 0 saturated carbocycles. The summed E-state index contributed by atoms with van der Waals surface area (Å²) in [6, 6.07) is 7.16. The summed E-state index contributed by atoms with van der Waals surface area (Å²) in [4.78, 5) is 24.4. The van der Waals surface area contributed by atoms with Gasteiger partial charge in [0.05, 0.1) is 11.6 Å². The molecule has 1 unspecified atom stereocenters. The third kappa shape index (κ3) is 4.70. The van der Waals surface area contributed by atoms with Crippen LogP contribution in [0.25, 0.3) is 0 Å². The first kappa shape index (κ1) is 15.7. The van der Waals surface area contributed by atoms with Gasteiger partial charge in [-0.25, -0.2) is 4.79 Å². The summed E-state index contributed by atoms with van der Waals surface area (Å²) in [7, 11) is 0. The van der Waals surface area contributed by atoms with E-state index in [1.54, 1.807) is 6.92 Å². The zero-order valence-corrected chi connectivity index (χ0v) is 13.0. The molecule has 1 aromatic rings. The molecule has 1 rings (SSSR count). The Morgan fingerprint density at radius 1 is 1.42 bits per heavy atom. The molecule has 0 aliphatic heterocycles. The number of nitrogens with one attached hydrogen (secondary N) is 1. The minimum Gasteiger partial charge on any atom is -0.481 e. The number of hydrogen-bond acceptors (Lipinski definition) is 2. The summed E-state index contributed by atoms with van der Waals surface area (Å²) < 4.78 is 0.941. The highest BCUT2D eigenvalue weighted by Crippen LogP contribution is 2.17. The molecule has 2 N–H and O–H groups in total. The zero-order valence-electron chi connectivity index (χ0n) is 10.9. The standard InChI is InChI=1S/C13H17IN2O3/c1-3-16(8-9(2)12(17)18)13(19)15-11-7-5-4-6-10(11)14/h4-7,9H,3,8H2,1-2H3,(H,15,19)(H,17,18). The summed E-state index contributed by atoms with van der Waals surface area (Å²) >= 11 is 2.14. The number of para-hydroxylation sites is 1. The molecule has 2 amide bonds. The molecule has 0 aromatic heterocycles. The van der Waals surface area contributed by atoms with E-state index in [4.69, 9.17) is 5.11 Å². The first-order chi connectivity index (χ1) is 8.95. The van der Waals surface area contributed by atoms with Crippen LogP contribution in [0.4, 0.5) is 10.5 Å². The summed E-state index contributed by atoms with van der Waals surface area (Å²) in [5, 5.41) is 11.7. The molecule has 104 valence electrons. The molecule has 0 saturated heterocycles. The van der Waals surface area contributed by atoms with Gasteiger partial charge in [-0.1, -0.05) is 19.1 Å². The maximum atomic E-state index is 12.1. The van der Waals surface area contributed by atoms with E-state index in [2.05, 4.69) is 27.9 Å². The highest BCUT2D eigenvalue weighted by molar-refractivity contribution is 14.1. The minimum absolute atomic E-state index is 0.196. The number of anilines is 1. The fourth-order valence-electron chi connectivity index (χ4n) is 1.52. The van der Waals surface area contributed by atoms with Gasteiger partial charge in [0.15, 0.2) is 0 Å². The lowest BCUT2D eigenvalue weighted by atomic mass is 10.2. The Bertz CT molecular complexity index is 465. The van der Waals surface area contributed by atoms with Crippen molar-refractivity contribution in [2.75, 3.05) is 18.4 Å². The van der Waals surface area contributed by atoms with Crippen LogP contribution >= 0.6 is 22.6 Å². The molecule has 0 fully saturated rings. The quantitative estimate of drug-likeness (QED) is 0.777. The molecule has 1 aromatic carbocycles. The second-order valence-electron chi connectivity index (χ2n) is 4.19. The molecule has 5 nitrogen and oxygen atoms in total. The minimum atomic E-state index is -0.902. The number of benzene rings is 1. The van der Waals surface area contributed by atoms with E-state index < -0.39 is 11.9 Å². The summed E-state index contributed by atoms with van der Waals surface area (Å²) in [5.41, 5.74) is 0.731. The van der Waals surface area contributed by atoms with Crippen molar-refractivity contribution in [3.05, 3.63) is 27.8 Å². The first-order valence-electron chi connectivity index (χ1n) is 5.99. The predicted molar refractivity (Wildman–Crippen MR) is 82.2 cm³/mol. The fraction of sp³-hybridized carbons (Fsp3) is 0.385. The van der Waals surface area contributed by atoms with Gasteiger partial charge in [0.25, 0.3) is 0 Å². The van der Waals surface area contributed by atoms with E-state index in [1.807, 2.05) is 31.2 Å². The average molecular weight is 376 g/mol. The third-order valence-electron chi connectivity index (χ3n) is 2.70. The second kappa shape index (κ2) is 7.32. The van der Waals surface area contributed by atoms with Gasteiger partial charge < -0.3 is 15.3 Å². The number of aliphatic carboxylic acids is 1. The van der Waals surface area contributed by atoms with E-state index in [0.717, 1.165) is 9.26 Å². The van der Waals surface area contributed by atoms with Crippen molar-refractivity contribution in [1.82, 2.24) is 4.90 Å². The molecule has 0 radical (unpaired) electrons. The van der Waals surface area contributed by atoms with Crippen LogP contribution in [0.3, 0.4) is 0 Å². The average Bonchev–Trinajstić information content (AvgIpc) is 2.38. The topological polar surface area (TPSA) is 69.6 Å². The van der Waals surface area contributed by atoms with Crippen molar-refractivity contribution < 1.29 is 14.7 Å². The van der Waals surface area contributed by atoms with Gasteiger partial charge in [-0.15, -0.1) is 0 Å². The first-order valence-corrected chi connectivity index (χ1v) is 7.06. The Kier molecular flexibility index (Phi) is 6.07. The summed E-state index contributed by atoms with van der Waals surface area (Å²) in [6.45, 7) is 4.07. The maximum Gasteiger partial charge on any atom is 0.321 e. The predicted octanol–water partition coefficient (Wildman–Crippen LogP) is 2.87. The van der Waals surface area contributed by atoms with Crippen LogP contribution in [-0.2, 0) is 4.79 Å². The molecule has 0 aliphatic carbocycles. The molecule has 1 atom stereocenters. The van der Waals surface area contributed by atoms with E-state index >= 15 is 0 Å². The largest absolute Gasteiger partial charge is 0.481 e. The normalized spacial score (nSPS) is 11.7. The Morgan fingerprint density at radius 3 is 2.58 bits per heavy atom. The molecule has 6 heteroatoms. The summed E-state index contributed by atoms with van der Waals surface area (Å²) in [6.07, 6.45) is 0. The highest BCUT2D eigenvalue weighted by Gasteiger charge is 2.19. The fourth-order valence-corrected chi connectivity index (χ4v) is 2.04. The number of halogens is 1. The van der Waals surface area contributed by atoms with Gasteiger partial charge in [-0.3, -0.25) is 4.79 Å². The van der Waals surface area contributed by atoms with Gasteiger partial charge >= 0.3 is 12.0 Å². The Hall–Kier alpha value is -1.31. The maximum absolute atomic E-state index is 12.1. The second-order valence-corrected chi connectivity index (χ2v) is 5.35. The van der Waals surface area contributed by atoms with Gasteiger partial charge in [0, 0.05) is 16.7 Å². The number of nitrogens with zero attached hydrogens (tertiary/aromatic N) is 1. The van der Waals surface area contributed by atoms with Gasteiger partial charge in [0.2, 0.25) is 0 Å².